The summed E-state index contributed by atoms with van der Waals surface area (Å²) in [4.78, 5) is 0. The van der Waals surface area contributed by atoms with Crippen LogP contribution in [0.4, 0.5) is 0 Å². The largest absolute Gasteiger partial charge is 0.486 e. The fourth-order valence-corrected chi connectivity index (χ4v) is 2.29. The van der Waals surface area contributed by atoms with Crippen molar-refractivity contribution in [2.45, 2.75) is 0 Å². The topological polar surface area (TPSA) is 9.23 Å². The lowest BCUT2D eigenvalue weighted by atomic mass is 10.2. The number of benzene rings is 1. The number of methoxy groups -OCH3 is 1. The maximum atomic E-state index is 5.96. The molecule has 0 N–H and O–H groups in total. The summed E-state index contributed by atoms with van der Waals surface area (Å²) in [5.41, 5.74) is 0.356. The molecule has 0 radical (unpaired) electrons. The van der Waals surface area contributed by atoms with Crippen molar-refractivity contribution in [3.05, 3.63) is 35.9 Å². The van der Waals surface area contributed by atoms with Crippen LogP contribution in [0, 0.1) is 0 Å². The van der Waals surface area contributed by atoms with E-state index < -0.39 is 0 Å². The van der Waals surface area contributed by atoms with Gasteiger partial charge in [0.2, 0.25) is 0 Å². The summed E-state index contributed by atoms with van der Waals surface area (Å²) < 4.78 is 4.76. The van der Waals surface area contributed by atoms with Gasteiger partial charge in [-0.1, -0.05) is 58.0 Å². The van der Waals surface area contributed by atoms with Gasteiger partial charge in [-0.05, 0) is 11.6 Å². The van der Waals surface area contributed by atoms with Gasteiger partial charge in [-0.25, -0.2) is 0 Å². The number of rotatable bonds is 2. The molecule has 0 fully saturated rings. The van der Waals surface area contributed by atoms with E-state index in [4.69, 9.17) is 74.3 Å². The second-order valence-electron chi connectivity index (χ2n) is 2.64. The third-order valence-corrected chi connectivity index (χ3v) is 4.27. The summed E-state index contributed by atoms with van der Waals surface area (Å²) in [6.07, 6.45) is 1.40. The van der Waals surface area contributed by atoms with E-state index >= 15 is 0 Å². The van der Waals surface area contributed by atoms with Crippen LogP contribution in [0.2, 0.25) is 25.1 Å². The molecule has 0 saturated heterocycles. The van der Waals surface area contributed by atoms with Gasteiger partial charge in [-0.2, -0.15) is 0 Å². The summed E-state index contributed by atoms with van der Waals surface area (Å²) in [6.45, 7) is 0. The molecule has 0 spiro atoms. The van der Waals surface area contributed by atoms with Crippen molar-refractivity contribution < 1.29 is 4.74 Å². The van der Waals surface area contributed by atoms with Gasteiger partial charge < -0.3 is 4.74 Å². The number of ether oxygens (including phenoxy) is 1. The minimum atomic E-state index is 0.0956. The van der Waals surface area contributed by atoms with E-state index in [1.165, 1.54) is 13.2 Å². The number of halogens is 6. The first-order valence-corrected chi connectivity index (χ1v) is 6.09. The average molecular weight is 341 g/mol. The Balaban J connectivity index is 3.52. The van der Waals surface area contributed by atoms with Gasteiger partial charge in [0.25, 0.3) is 0 Å². The lowest BCUT2D eigenvalue weighted by molar-refractivity contribution is 0.325. The molecule has 0 amide bonds. The number of hydrogen-bond acceptors (Lipinski definition) is 1. The van der Waals surface area contributed by atoms with Gasteiger partial charge in [-0.3, -0.25) is 0 Å². The molecule has 0 aromatic heterocycles. The van der Waals surface area contributed by atoms with Gasteiger partial charge in [0.05, 0.1) is 32.2 Å². The second-order valence-corrected chi connectivity index (χ2v) is 4.90. The van der Waals surface area contributed by atoms with Crippen LogP contribution in [0.15, 0.2) is 5.22 Å². The summed E-state index contributed by atoms with van der Waals surface area (Å²) in [5.74, 6) is 0. The first-order chi connectivity index (χ1) is 7.40. The SMILES string of the molecule is CO/C(Cl)=C/c1c(Cl)c(Cl)c(Cl)c(Cl)c1Cl. The van der Waals surface area contributed by atoms with E-state index in [1.807, 2.05) is 0 Å². The third kappa shape index (κ3) is 2.84. The molecule has 0 heterocycles. The average Bonchev–Trinajstić information content (AvgIpc) is 2.29. The highest BCUT2D eigenvalue weighted by atomic mass is 35.5. The van der Waals surface area contributed by atoms with Crippen LogP contribution in [-0.4, -0.2) is 7.11 Å². The zero-order valence-electron chi connectivity index (χ0n) is 7.75. The molecule has 0 bridgehead atoms. The normalized spacial score (nSPS) is 11.8. The molecule has 0 unspecified atom stereocenters. The molecule has 1 aromatic carbocycles. The van der Waals surface area contributed by atoms with Crippen LogP contribution in [0.3, 0.4) is 0 Å². The van der Waals surface area contributed by atoms with Crippen LogP contribution >= 0.6 is 69.6 Å². The maximum Gasteiger partial charge on any atom is 0.187 e. The quantitative estimate of drug-likeness (QED) is 0.357. The Morgan fingerprint density at radius 2 is 1.25 bits per heavy atom. The van der Waals surface area contributed by atoms with Crippen molar-refractivity contribution in [1.82, 2.24) is 0 Å². The number of hydrogen-bond donors (Lipinski definition) is 0. The highest BCUT2D eigenvalue weighted by molar-refractivity contribution is 6.55. The Labute approximate surface area is 123 Å². The Hall–Kier alpha value is 0.500. The molecule has 7 heteroatoms. The predicted molar refractivity (Wildman–Crippen MR) is 72.3 cm³/mol. The Morgan fingerprint density at radius 3 is 1.62 bits per heavy atom. The van der Waals surface area contributed by atoms with E-state index in [9.17, 15) is 0 Å². The predicted octanol–water partition coefficient (Wildman–Crippen LogP) is 6.14. The van der Waals surface area contributed by atoms with Crippen molar-refractivity contribution in [1.29, 1.82) is 0 Å². The van der Waals surface area contributed by atoms with Crippen LogP contribution in [0.1, 0.15) is 5.56 Å². The Bertz CT molecular complexity index is 425. The second kappa shape index (κ2) is 5.90. The van der Waals surface area contributed by atoms with Gasteiger partial charge in [0, 0.05) is 11.6 Å². The lowest BCUT2D eigenvalue weighted by Gasteiger charge is -2.09. The third-order valence-electron chi connectivity index (χ3n) is 1.70. The minimum absolute atomic E-state index is 0.0956. The molecule has 0 saturated carbocycles. The molecular weight excluding hydrogens is 337 g/mol. The van der Waals surface area contributed by atoms with E-state index in [1.54, 1.807) is 0 Å². The van der Waals surface area contributed by atoms with Crippen molar-refractivity contribution in [3.8, 4) is 0 Å². The Morgan fingerprint density at radius 1 is 0.875 bits per heavy atom. The molecule has 0 aliphatic carbocycles. The van der Waals surface area contributed by atoms with Crippen molar-refractivity contribution in [3.63, 3.8) is 0 Å². The van der Waals surface area contributed by atoms with E-state index in [0.717, 1.165) is 0 Å². The maximum absolute atomic E-state index is 5.96. The smallest absolute Gasteiger partial charge is 0.187 e. The van der Waals surface area contributed by atoms with Gasteiger partial charge >= 0.3 is 0 Å². The zero-order valence-corrected chi connectivity index (χ0v) is 12.3. The molecule has 0 aliphatic heterocycles. The molecule has 88 valence electrons. The monoisotopic (exact) mass is 338 g/mol. The van der Waals surface area contributed by atoms with Crippen molar-refractivity contribution in [2.24, 2.45) is 0 Å². The van der Waals surface area contributed by atoms with E-state index in [-0.39, 0.29) is 30.3 Å². The first-order valence-electron chi connectivity index (χ1n) is 3.82. The molecule has 1 rings (SSSR count). The van der Waals surface area contributed by atoms with Gasteiger partial charge in [0.1, 0.15) is 0 Å². The van der Waals surface area contributed by atoms with Gasteiger partial charge in [0.15, 0.2) is 5.22 Å². The highest BCUT2D eigenvalue weighted by Gasteiger charge is 2.18. The van der Waals surface area contributed by atoms with E-state index in [0.29, 0.717) is 5.56 Å². The fraction of sp³-hybridized carbons (Fsp3) is 0.111. The minimum Gasteiger partial charge on any atom is -0.486 e. The molecule has 16 heavy (non-hydrogen) atoms. The fourth-order valence-electron chi connectivity index (χ4n) is 0.921. The van der Waals surface area contributed by atoms with E-state index in [2.05, 4.69) is 0 Å². The lowest BCUT2D eigenvalue weighted by Crippen LogP contribution is -1.86. The summed E-state index contributed by atoms with van der Waals surface area (Å²) in [7, 11) is 1.40. The van der Waals surface area contributed by atoms with Crippen LogP contribution in [0.25, 0.3) is 6.08 Å². The molecule has 0 atom stereocenters. The van der Waals surface area contributed by atoms with Crippen LogP contribution in [-0.2, 0) is 4.74 Å². The molecule has 0 aliphatic rings. The summed E-state index contributed by atoms with van der Waals surface area (Å²) >= 11 is 35.2. The Kier molecular flexibility index (Phi) is 5.37. The molecular formula is C9H4Cl6O. The zero-order chi connectivity index (χ0) is 12.5. The first kappa shape index (κ1) is 14.6. The highest BCUT2D eigenvalue weighted by Crippen LogP contribution is 2.44. The van der Waals surface area contributed by atoms with Crippen molar-refractivity contribution in [2.75, 3.05) is 7.11 Å². The standard InChI is InChI=1S/C9H4Cl6O/c1-16-4(10)2-3-5(11)7(13)9(15)8(14)6(3)12/h2H,1H3/b4-2+. The van der Waals surface area contributed by atoms with Gasteiger partial charge in [-0.15, -0.1) is 0 Å². The summed E-state index contributed by atoms with van der Waals surface area (Å²) in [6, 6.07) is 0. The van der Waals surface area contributed by atoms with Crippen molar-refractivity contribution >= 4 is 75.7 Å². The van der Waals surface area contributed by atoms with Crippen LogP contribution in [0.5, 0.6) is 0 Å². The molecule has 1 aromatic rings. The van der Waals surface area contributed by atoms with Crippen LogP contribution < -0.4 is 0 Å². The summed E-state index contributed by atoms with van der Waals surface area (Å²) in [5, 5.41) is 0.754. The molecule has 1 nitrogen and oxygen atoms in total.